The minimum atomic E-state index is 0.101. The molecule has 1 saturated heterocycles. The summed E-state index contributed by atoms with van der Waals surface area (Å²) >= 11 is 0. The van der Waals surface area contributed by atoms with E-state index in [-0.39, 0.29) is 5.91 Å². The second-order valence-electron chi connectivity index (χ2n) is 6.31. The van der Waals surface area contributed by atoms with Crippen molar-refractivity contribution in [1.29, 1.82) is 0 Å². The molecule has 1 fully saturated rings. The first-order valence-corrected chi connectivity index (χ1v) is 8.55. The van der Waals surface area contributed by atoms with E-state index in [2.05, 4.69) is 4.90 Å². The molecule has 5 heteroatoms. The molecule has 0 unspecified atom stereocenters. The number of carbonyl (C=O) groups excluding carboxylic acids is 1. The second kappa shape index (κ2) is 7.79. The van der Waals surface area contributed by atoms with Crippen LogP contribution < -0.4 is 4.74 Å². The maximum Gasteiger partial charge on any atom is 0.254 e. The van der Waals surface area contributed by atoms with E-state index >= 15 is 0 Å². The van der Waals surface area contributed by atoms with Crippen LogP contribution in [0, 0.1) is 0 Å². The Morgan fingerprint density at radius 3 is 2.83 bits per heavy atom. The maximum atomic E-state index is 12.2. The number of hydrogen-bond acceptors (Lipinski definition) is 4. The number of benzene rings is 1. The first kappa shape index (κ1) is 16.3. The van der Waals surface area contributed by atoms with Crippen molar-refractivity contribution in [2.24, 2.45) is 0 Å². The number of likely N-dealkylation sites (N-methyl/N-ethyl adjacent to an activating group) is 1. The Bertz CT molecular complexity index is 541. The molecule has 1 amide bonds. The summed E-state index contributed by atoms with van der Waals surface area (Å²) in [6.45, 7) is 6.41. The summed E-state index contributed by atoms with van der Waals surface area (Å²) in [5.74, 6) is 0.905. The Kier molecular flexibility index (Phi) is 5.51. The molecule has 0 atom stereocenters. The lowest BCUT2D eigenvalue weighted by Gasteiger charge is -2.26. The molecule has 2 heterocycles. The van der Waals surface area contributed by atoms with Crippen molar-refractivity contribution >= 4 is 5.91 Å². The number of rotatable bonds is 6. The summed E-state index contributed by atoms with van der Waals surface area (Å²) in [6.07, 6.45) is 3.09. The third kappa shape index (κ3) is 4.24. The highest BCUT2D eigenvalue weighted by molar-refractivity contribution is 5.97. The van der Waals surface area contributed by atoms with Gasteiger partial charge in [0.2, 0.25) is 0 Å². The summed E-state index contributed by atoms with van der Waals surface area (Å²) in [4.78, 5) is 16.4. The third-order valence-corrected chi connectivity index (χ3v) is 4.62. The minimum absolute atomic E-state index is 0.101. The second-order valence-corrected chi connectivity index (χ2v) is 6.31. The van der Waals surface area contributed by atoms with Crippen LogP contribution in [0.1, 0.15) is 28.8 Å². The van der Waals surface area contributed by atoms with Gasteiger partial charge in [0.25, 0.3) is 5.91 Å². The summed E-state index contributed by atoms with van der Waals surface area (Å²) in [6, 6.07) is 5.91. The van der Waals surface area contributed by atoms with Crippen LogP contribution in [0.25, 0.3) is 0 Å². The molecule has 0 bridgehead atoms. The number of morpholine rings is 1. The number of nitrogens with zero attached hydrogens (tertiary/aromatic N) is 2. The lowest BCUT2D eigenvalue weighted by Crippen LogP contribution is -2.36. The topological polar surface area (TPSA) is 42.0 Å². The molecule has 0 aromatic heterocycles. The van der Waals surface area contributed by atoms with E-state index in [0.29, 0.717) is 6.61 Å². The molecule has 0 N–H and O–H groups in total. The van der Waals surface area contributed by atoms with Crippen LogP contribution in [0.4, 0.5) is 0 Å². The standard InChI is InChI=1S/C18H26N2O3/c1-19-8-6-15-4-5-16(14-17(15)18(19)21)23-11-3-2-7-20-9-12-22-13-10-20/h4-5,14H,2-3,6-13H2,1H3. The van der Waals surface area contributed by atoms with E-state index in [9.17, 15) is 4.79 Å². The van der Waals surface area contributed by atoms with Crippen molar-refractivity contribution in [3.63, 3.8) is 0 Å². The largest absolute Gasteiger partial charge is 0.494 e. The molecule has 0 radical (unpaired) electrons. The van der Waals surface area contributed by atoms with Crippen LogP contribution in [-0.4, -0.2) is 68.8 Å². The van der Waals surface area contributed by atoms with Gasteiger partial charge in [0, 0.05) is 32.2 Å². The van der Waals surface area contributed by atoms with Gasteiger partial charge in [-0.1, -0.05) is 6.07 Å². The average Bonchev–Trinajstić information content (AvgIpc) is 2.59. The molecule has 5 nitrogen and oxygen atoms in total. The maximum absolute atomic E-state index is 12.2. The number of carbonyl (C=O) groups is 1. The predicted octanol–water partition coefficient (Wildman–Crippen LogP) is 1.81. The van der Waals surface area contributed by atoms with Crippen LogP contribution >= 0.6 is 0 Å². The Labute approximate surface area is 138 Å². The van der Waals surface area contributed by atoms with Gasteiger partial charge in [0.05, 0.1) is 19.8 Å². The van der Waals surface area contributed by atoms with Crippen molar-refractivity contribution in [3.05, 3.63) is 29.3 Å². The summed E-state index contributed by atoms with van der Waals surface area (Å²) in [5, 5.41) is 0. The van der Waals surface area contributed by atoms with Crippen molar-refractivity contribution in [2.45, 2.75) is 19.3 Å². The van der Waals surface area contributed by atoms with Gasteiger partial charge in [-0.05, 0) is 43.5 Å². The molecule has 23 heavy (non-hydrogen) atoms. The highest BCUT2D eigenvalue weighted by Gasteiger charge is 2.21. The van der Waals surface area contributed by atoms with Crippen LogP contribution in [-0.2, 0) is 11.2 Å². The molecule has 3 rings (SSSR count). The van der Waals surface area contributed by atoms with Crippen LogP contribution in [0.2, 0.25) is 0 Å². The molecule has 2 aliphatic heterocycles. The summed E-state index contributed by atoms with van der Waals surface area (Å²) in [5.41, 5.74) is 1.93. The van der Waals surface area contributed by atoms with Crippen molar-refractivity contribution in [2.75, 3.05) is 53.0 Å². The fourth-order valence-electron chi connectivity index (χ4n) is 3.11. The third-order valence-electron chi connectivity index (χ3n) is 4.62. The van der Waals surface area contributed by atoms with Gasteiger partial charge < -0.3 is 14.4 Å². The average molecular weight is 318 g/mol. The minimum Gasteiger partial charge on any atom is -0.494 e. The Morgan fingerprint density at radius 2 is 2.00 bits per heavy atom. The quantitative estimate of drug-likeness (QED) is 0.750. The first-order chi connectivity index (χ1) is 11.2. The van der Waals surface area contributed by atoms with Crippen LogP contribution in [0.5, 0.6) is 5.75 Å². The summed E-state index contributed by atoms with van der Waals surface area (Å²) < 4.78 is 11.2. The van der Waals surface area contributed by atoms with Gasteiger partial charge >= 0.3 is 0 Å². The SMILES string of the molecule is CN1CCc2ccc(OCCCCN3CCOCC3)cc2C1=O. The molecule has 0 spiro atoms. The summed E-state index contributed by atoms with van der Waals surface area (Å²) in [7, 11) is 1.85. The highest BCUT2D eigenvalue weighted by Crippen LogP contribution is 2.23. The lowest BCUT2D eigenvalue weighted by atomic mass is 9.99. The fraction of sp³-hybridized carbons (Fsp3) is 0.611. The van der Waals surface area contributed by atoms with Crippen LogP contribution in [0.3, 0.4) is 0 Å². The van der Waals surface area contributed by atoms with E-state index in [0.717, 1.165) is 75.5 Å². The van der Waals surface area contributed by atoms with Crippen molar-refractivity contribution in [3.8, 4) is 5.75 Å². The van der Waals surface area contributed by atoms with Gasteiger partial charge in [0.1, 0.15) is 5.75 Å². The highest BCUT2D eigenvalue weighted by atomic mass is 16.5. The van der Waals surface area contributed by atoms with E-state index in [1.165, 1.54) is 0 Å². The van der Waals surface area contributed by atoms with E-state index in [4.69, 9.17) is 9.47 Å². The number of unbranched alkanes of at least 4 members (excludes halogenated alkanes) is 1. The van der Waals surface area contributed by atoms with E-state index < -0.39 is 0 Å². The van der Waals surface area contributed by atoms with Gasteiger partial charge in [-0.3, -0.25) is 9.69 Å². The molecule has 1 aromatic rings. The molecule has 126 valence electrons. The smallest absolute Gasteiger partial charge is 0.254 e. The molecule has 0 saturated carbocycles. The predicted molar refractivity (Wildman–Crippen MR) is 89.1 cm³/mol. The number of fused-ring (bicyclic) bond motifs is 1. The van der Waals surface area contributed by atoms with Gasteiger partial charge in [0.15, 0.2) is 0 Å². The number of ether oxygens (including phenoxy) is 2. The molecule has 2 aliphatic rings. The molecular formula is C18H26N2O3. The Hall–Kier alpha value is -1.59. The monoisotopic (exact) mass is 318 g/mol. The molecule has 0 aliphatic carbocycles. The normalized spacial score (nSPS) is 18.8. The number of hydrogen-bond donors (Lipinski definition) is 0. The van der Waals surface area contributed by atoms with Gasteiger partial charge in [-0.25, -0.2) is 0 Å². The van der Waals surface area contributed by atoms with Gasteiger partial charge in [-0.15, -0.1) is 0 Å². The van der Waals surface area contributed by atoms with E-state index in [1.54, 1.807) is 4.90 Å². The number of amides is 1. The zero-order valence-electron chi connectivity index (χ0n) is 13.9. The Balaban J connectivity index is 1.43. The first-order valence-electron chi connectivity index (χ1n) is 8.55. The van der Waals surface area contributed by atoms with Crippen molar-refractivity contribution in [1.82, 2.24) is 9.80 Å². The van der Waals surface area contributed by atoms with E-state index in [1.807, 2.05) is 25.2 Å². The fourth-order valence-corrected chi connectivity index (χ4v) is 3.11. The van der Waals surface area contributed by atoms with Crippen molar-refractivity contribution < 1.29 is 14.3 Å². The molecule has 1 aromatic carbocycles. The Morgan fingerprint density at radius 1 is 1.17 bits per heavy atom. The zero-order chi connectivity index (χ0) is 16.1. The van der Waals surface area contributed by atoms with Crippen LogP contribution in [0.15, 0.2) is 18.2 Å². The lowest BCUT2D eigenvalue weighted by molar-refractivity contribution is 0.0368. The molecular weight excluding hydrogens is 292 g/mol. The zero-order valence-corrected chi connectivity index (χ0v) is 13.9. The van der Waals surface area contributed by atoms with Gasteiger partial charge in [-0.2, -0.15) is 0 Å².